The molecule has 1 amide bonds. The van der Waals surface area contributed by atoms with E-state index in [-0.39, 0.29) is 5.69 Å². The lowest BCUT2D eigenvalue weighted by Crippen LogP contribution is -2.16. The number of nitrogens with zero attached hydrogens (tertiary/aromatic N) is 2. The molecule has 0 bridgehead atoms. The molecule has 3 aromatic carbocycles. The van der Waals surface area contributed by atoms with Crippen LogP contribution in [0.3, 0.4) is 0 Å². The van der Waals surface area contributed by atoms with Gasteiger partial charge < -0.3 is 5.32 Å². The van der Waals surface area contributed by atoms with Crippen LogP contribution in [0.5, 0.6) is 0 Å². The Hall–Kier alpha value is -3.70. The van der Waals surface area contributed by atoms with Crippen LogP contribution in [0.2, 0.25) is 0 Å². The molecule has 148 valence electrons. The van der Waals surface area contributed by atoms with Crippen LogP contribution in [-0.2, 0) is 0 Å². The summed E-state index contributed by atoms with van der Waals surface area (Å²) in [5.41, 5.74) is 0.789. The maximum atomic E-state index is 14.3. The van der Waals surface area contributed by atoms with E-state index >= 15 is 0 Å². The lowest BCUT2D eigenvalue weighted by Gasteiger charge is -2.12. The van der Waals surface area contributed by atoms with Crippen molar-refractivity contribution in [3.8, 4) is 16.6 Å². The van der Waals surface area contributed by atoms with Crippen LogP contribution in [0.4, 0.5) is 18.9 Å². The largest absolute Gasteiger partial charge is 0.322 e. The molecule has 0 spiro atoms. The fourth-order valence-corrected chi connectivity index (χ4v) is 4.05. The Labute approximate surface area is 173 Å². The predicted molar refractivity (Wildman–Crippen MR) is 109 cm³/mol. The Morgan fingerprint density at radius 3 is 2.60 bits per heavy atom. The van der Waals surface area contributed by atoms with Crippen LogP contribution < -0.4 is 5.32 Å². The summed E-state index contributed by atoms with van der Waals surface area (Å²) in [5, 5.41) is 11.8. The number of aromatic nitrogens is 1. The van der Waals surface area contributed by atoms with E-state index in [1.54, 1.807) is 6.92 Å². The highest BCUT2D eigenvalue weighted by Crippen LogP contribution is 2.35. The van der Waals surface area contributed by atoms with Gasteiger partial charge in [-0.2, -0.15) is 5.26 Å². The number of hydrogen-bond acceptors (Lipinski definition) is 4. The molecule has 0 aliphatic rings. The summed E-state index contributed by atoms with van der Waals surface area (Å²) in [5.74, 6) is -3.64. The average molecular weight is 423 g/mol. The van der Waals surface area contributed by atoms with Crippen LogP contribution >= 0.6 is 11.3 Å². The van der Waals surface area contributed by atoms with E-state index in [0.29, 0.717) is 28.3 Å². The Kier molecular flexibility index (Phi) is 4.98. The van der Waals surface area contributed by atoms with Crippen molar-refractivity contribution in [2.24, 2.45) is 0 Å². The molecule has 1 heterocycles. The number of nitriles is 1. The standard InChI is InChI=1S/C22H12F3N3OS/c1-11-14(22-28-18-4-2-3-5-20(18)30-22)7-13(23)8-19(11)27-21(29)15-9-16(24)12(10-26)6-17(15)25/h2-9H,1H3,(H,27,29). The van der Waals surface area contributed by atoms with Crippen molar-refractivity contribution in [3.05, 3.63) is 82.7 Å². The molecule has 0 aliphatic heterocycles. The fourth-order valence-electron chi connectivity index (χ4n) is 3.01. The first kappa shape index (κ1) is 19.6. The quantitative estimate of drug-likeness (QED) is 0.452. The number of hydrogen-bond donors (Lipinski definition) is 1. The Balaban J connectivity index is 1.73. The molecule has 0 saturated carbocycles. The third-order valence-electron chi connectivity index (χ3n) is 4.57. The molecule has 0 fully saturated rings. The zero-order chi connectivity index (χ0) is 21.4. The van der Waals surface area contributed by atoms with Gasteiger partial charge in [-0.15, -0.1) is 11.3 Å². The van der Waals surface area contributed by atoms with E-state index in [0.717, 1.165) is 16.3 Å². The third kappa shape index (κ3) is 3.51. The molecule has 0 radical (unpaired) electrons. The van der Waals surface area contributed by atoms with E-state index in [2.05, 4.69) is 10.3 Å². The fraction of sp³-hybridized carbons (Fsp3) is 0.0455. The molecular formula is C22H12F3N3OS. The van der Waals surface area contributed by atoms with Gasteiger partial charge in [0.2, 0.25) is 0 Å². The number of benzene rings is 3. The van der Waals surface area contributed by atoms with Crippen molar-refractivity contribution in [2.45, 2.75) is 6.92 Å². The zero-order valence-corrected chi connectivity index (χ0v) is 16.3. The maximum Gasteiger partial charge on any atom is 0.258 e. The normalized spacial score (nSPS) is 10.8. The topological polar surface area (TPSA) is 65.8 Å². The lowest BCUT2D eigenvalue weighted by molar-refractivity contribution is 0.102. The number of amides is 1. The van der Waals surface area contributed by atoms with E-state index in [1.807, 2.05) is 24.3 Å². The van der Waals surface area contributed by atoms with Crippen molar-refractivity contribution < 1.29 is 18.0 Å². The minimum Gasteiger partial charge on any atom is -0.322 e. The van der Waals surface area contributed by atoms with Gasteiger partial charge in [0.15, 0.2) is 0 Å². The SMILES string of the molecule is Cc1c(NC(=O)c2cc(F)c(C#N)cc2F)cc(F)cc1-c1nc2ccccc2s1. The predicted octanol–water partition coefficient (Wildman–Crippen LogP) is 5.81. The van der Waals surface area contributed by atoms with Gasteiger partial charge in [0, 0.05) is 11.3 Å². The first-order valence-corrected chi connectivity index (χ1v) is 9.55. The van der Waals surface area contributed by atoms with E-state index in [4.69, 9.17) is 5.26 Å². The van der Waals surface area contributed by atoms with Crippen LogP contribution in [-0.4, -0.2) is 10.9 Å². The Bertz CT molecular complexity index is 1320. The molecule has 30 heavy (non-hydrogen) atoms. The van der Waals surface area contributed by atoms with E-state index < -0.39 is 34.5 Å². The molecule has 4 nitrogen and oxygen atoms in total. The van der Waals surface area contributed by atoms with Crippen molar-refractivity contribution >= 4 is 33.1 Å². The number of thiazole rings is 1. The summed E-state index contributed by atoms with van der Waals surface area (Å²) in [6, 6.07) is 12.7. The smallest absolute Gasteiger partial charge is 0.258 e. The highest BCUT2D eigenvalue weighted by molar-refractivity contribution is 7.21. The number of anilines is 1. The summed E-state index contributed by atoms with van der Waals surface area (Å²) >= 11 is 1.38. The molecule has 4 rings (SSSR count). The van der Waals surface area contributed by atoms with Gasteiger partial charge in [-0.3, -0.25) is 4.79 Å². The van der Waals surface area contributed by atoms with Gasteiger partial charge in [-0.1, -0.05) is 12.1 Å². The summed E-state index contributed by atoms with van der Waals surface area (Å²) < 4.78 is 43.2. The molecular weight excluding hydrogens is 411 g/mol. The van der Waals surface area contributed by atoms with Crippen LogP contribution in [0.15, 0.2) is 48.5 Å². The van der Waals surface area contributed by atoms with Crippen molar-refractivity contribution in [1.82, 2.24) is 4.98 Å². The van der Waals surface area contributed by atoms with Crippen molar-refractivity contribution in [3.63, 3.8) is 0 Å². The minimum atomic E-state index is -1.05. The number of carbonyl (C=O) groups is 1. The average Bonchev–Trinajstić information content (AvgIpc) is 3.15. The van der Waals surface area contributed by atoms with Crippen LogP contribution in [0.1, 0.15) is 21.5 Å². The van der Waals surface area contributed by atoms with E-state index in [9.17, 15) is 18.0 Å². The van der Waals surface area contributed by atoms with Gasteiger partial charge in [0.25, 0.3) is 5.91 Å². The molecule has 8 heteroatoms. The summed E-state index contributed by atoms with van der Waals surface area (Å²) in [6.45, 7) is 1.67. The van der Waals surface area contributed by atoms with Crippen molar-refractivity contribution in [2.75, 3.05) is 5.32 Å². The van der Waals surface area contributed by atoms with Crippen LogP contribution in [0.25, 0.3) is 20.8 Å². The molecule has 0 atom stereocenters. The third-order valence-corrected chi connectivity index (χ3v) is 5.64. The summed E-state index contributed by atoms with van der Waals surface area (Å²) in [4.78, 5) is 17.0. The number of carbonyl (C=O) groups excluding carboxylic acids is 1. The number of halogens is 3. The number of para-hydroxylation sites is 1. The Morgan fingerprint density at radius 2 is 1.87 bits per heavy atom. The van der Waals surface area contributed by atoms with Gasteiger partial charge in [0.05, 0.1) is 21.3 Å². The first-order chi connectivity index (χ1) is 14.4. The number of rotatable bonds is 3. The summed E-state index contributed by atoms with van der Waals surface area (Å²) in [7, 11) is 0. The van der Waals surface area contributed by atoms with Gasteiger partial charge in [0.1, 0.15) is 28.5 Å². The number of fused-ring (bicyclic) bond motifs is 1. The molecule has 0 saturated heterocycles. The van der Waals surface area contributed by atoms with E-state index in [1.165, 1.54) is 23.5 Å². The molecule has 1 aromatic heterocycles. The second kappa shape index (κ2) is 7.61. The highest BCUT2D eigenvalue weighted by atomic mass is 32.1. The zero-order valence-electron chi connectivity index (χ0n) is 15.5. The highest BCUT2D eigenvalue weighted by Gasteiger charge is 2.19. The number of nitrogens with one attached hydrogen (secondary N) is 1. The molecule has 4 aromatic rings. The van der Waals surface area contributed by atoms with Gasteiger partial charge >= 0.3 is 0 Å². The molecule has 0 aliphatic carbocycles. The summed E-state index contributed by atoms with van der Waals surface area (Å²) in [6.07, 6.45) is 0. The van der Waals surface area contributed by atoms with Gasteiger partial charge in [-0.25, -0.2) is 18.2 Å². The molecule has 0 unspecified atom stereocenters. The van der Waals surface area contributed by atoms with Crippen molar-refractivity contribution in [1.29, 1.82) is 5.26 Å². The van der Waals surface area contributed by atoms with Gasteiger partial charge in [-0.05, 0) is 48.9 Å². The van der Waals surface area contributed by atoms with Crippen LogP contribution in [0, 0.1) is 35.7 Å². The second-order valence-electron chi connectivity index (χ2n) is 6.49. The second-order valence-corrected chi connectivity index (χ2v) is 7.52. The first-order valence-electron chi connectivity index (χ1n) is 8.74. The molecule has 1 N–H and O–H groups in total. The Morgan fingerprint density at radius 1 is 1.10 bits per heavy atom. The maximum absolute atomic E-state index is 14.3. The minimum absolute atomic E-state index is 0.110. The lowest BCUT2D eigenvalue weighted by atomic mass is 10.1. The monoisotopic (exact) mass is 423 g/mol.